The van der Waals surface area contributed by atoms with Crippen molar-refractivity contribution in [2.45, 2.75) is 20.4 Å². The molecule has 0 aliphatic heterocycles. The highest BCUT2D eigenvalue weighted by Gasteiger charge is 2.06. The van der Waals surface area contributed by atoms with Crippen LogP contribution >= 0.6 is 0 Å². The molecule has 0 N–H and O–H groups in total. The first-order valence-electron chi connectivity index (χ1n) is 5.56. The Morgan fingerprint density at radius 2 is 1.75 bits per heavy atom. The van der Waals surface area contributed by atoms with Crippen LogP contribution < -0.4 is 4.90 Å². The van der Waals surface area contributed by atoms with Gasteiger partial charge in [-0.2, -0.15) is 0 Å². The fourth-order valence-corrected chi connectivity index (χ4v) is 1.57. The molecule has 1 aromatic rings. The van der Waals surface area contributed by atoms with Crippen LogP contribution in [0.15, 0.2) is 24.3 Å². The van der Waals surface area contributed by atoms with Gasteiger partial charge in [-0.05, 0) is 24.6 Å². The molecule has 0 heterocycles. The summed E-state index contributed by atoms with van der Waals surface area (Å²) in [5.74, 6) is 0.124. The zero-order valence-electron chi connectivity index (χ0n) is 10.5. The van der Waals surface area contributed by atoms with Crippen LogP contribution in [0.3, 0.4) is 0 Å². The van der Waals surface area contributed by atoms with Crippen LogP contribution in [0, 0.1) is 0 Å². The molecule has 0 radical (unpaired) electrons. The van der Waals surface area contributed by atoms with Gasteiger partial charge in [-0.3, -0.25) is 4.79 Å². The molecule has 16 heavy (non-hydrogen) atoms. The fraction of sp³-hybridized carbons (Fsp3) is 0.462. The lowest BCUT2D eigenvalue weighted by Gasteiger charge is -2.19. The molecule has 3 nitrogen and oxygen atoms in total. The van der Waals surface area contributed by atoms with E-state index in [1.54, 1.807) is 6.92 Å². The molecule has 0 aliphatic rings. The number of rotatable bonds is 4. The molecule has 0 aliphatic carbocycles. The third-order valence-electron chi connectivity index (χ3n) is 2.65. The van der Waals surface area contributed by atoms with Gasteiger partial charge in [-0.15, -0.1) is 0 Å². The quantitative estimate of drug-likeness (QED) is 0.776. The van der Waals surface area contributed by atoms with Crippen molar-refractivity contribution < 1.29 is 4.79 Å². The predicted octanol–water partition coefficient (Wildman–Crippen LogP) is 2.12. The topological polar surface area (TPSA) is 23.6 Å². The third kappa shape index (κ3) is 3.26. The van der Waals surface area contributed by atoms with E-state index >= 15 is 0 Å². The molecule has 0 atom stereocenters. The Hall–Kier alpha value is -1.51. The second-order valence-corrected chi connectivity index (χ2v) is 4.09. The van der Waals surface area contributed by atoms with Crippen molar-refractivity contribution in [2.75, 3.05) is 25.5 Å². The van der Waals surface area contributed by atoms with E-state index < -0.39 is 0 Å². The first-order valence-corrected chi connectivity index (χ1v) is 5.56. The van der Waals surface area contributed by atoms with Gasteiger partial charge in [-0.25, -0.2) is 0 Å². The molecule has 88 valence electrons. The van der Waals surface area contributed by atoms with Crippen molar-refractivity contribution in [3.8, 4) is 0 Å². The number of amides is 1. The Labute approximate surface area is 97.7 Å². The lowest BCUT2D eigenvalue weighted by molar-refractivity contribution is -0.129. The van der Waals surface area contributed by atoms with E-state index in [-0.39, 0.29) is 5.91 Å². The van der Waals surface area contributed by atoms with E-state index in [1.807, 2.05) is 25.9 Å². The van der Waals surface area contributed by atoms with Crippen LogP contribution in [-0.4, -0.2) is 31.4 Å². The van der Waals surface area contributed by atoms with Crippen molar-refractivity contribution in [2.24, 2.45) is 0 Å². The second-order valence-electron chi connectivity index (χ2n) is 4.09. The standard InChI is InChI=1S/C13H20N2O/c1-5-15(11(2)16)10-12-6-8-13(9-7-12)14(3)4/h6-9H,5,10H2,1-4H3. The smallest absolute Gasteiger partial charge is 0.219 e. The number of hydrogen-bond acceptors (Lipinski definition) is 2. The van der Waals surface area contributed by atoms with Crippen LogP contribution in [0.4, 0.5) is 5.69 Å². The minimum atomic E-state index is 0.124. The summed E-state index contributed by atoms with van der Waals surface area (Å²) in [6.45, 7) is 5.05. The maximum absolute atomic E-state index is 11.3. The molecular weight excluding hydrogens is 200 g/mol. The predicted molar refractivity (Wildman–Crippen MR) is 67.5 cm³/mol. The summed E-state index contributed by atoms with van der Waals surface area (Å²) in [6, 6.07) is 8.29. The summed E-state index contributed by atoms with van der Waals surface area (Å²) in [7, 11) is 4.03. The van der Waals surface area contributed by atoms with E-state index in [9.17, 15) is 4.79 Å². The largest absolute Gasteiger partial charge is 0.378 e. The normalized spacial score (nSPS) is 10.0. The van der Waals surface area contributed by atoms with Crippen molar-refractivity contribution in [3.63, 3.8) is 0 Å². The highest BCUT2D eigenvalue weighted by atomic mass is 16.2. The molecule has 0 unspecified atom stereocenters. The van der Waals surface area contributed by atoms with Gasteiger partial charge in [0.15, 0.2) is 0 Å². The zero-order valence-corrected chi connectivity index (χ0v) is 10.5. The molecule has 1 aromatic carbocycles. The molecule has 0 fully saturated rings. The van der Waals surface area contributed by atoms with Gasteiger partial charge in [-0.1, -0.05) is 12.1 Å². The molecular formula is C13H20N2O. The Balaban J connectivity index is 2.71. The zero-order chi connectivity index (χ0) is 12.1. The fourth-order valence-electron chi connectivity index (χ4n) is 1.57. The first kappa shape index (κ1) is 12.6. The maximum atomic E-state index is 11.3. The molecule has 0 spiro atoms. The second kappa shape index (κ2) is 5.54. The third-order valence-corrected chi connectivity index (χ3v) is 2.65. The number of carbonyl (C=O) groups excluding carboxylic acids is 1. The summed E-state index contributed by atoms with van der Waals surface area (Å²) in [5, 5.41) is 0. The Morgan fingerprint density at radius 1 is 1.19 bits per heavy atom. The van der Waals surface area contributed by atoms with E-state index in [2.05, 4.69) is 29.2 Å². The molecule has 3 heteroatoms. The monoisotopic (exact) mass is 220 g/mol. The molecule has 1 amide bonds. The van der Waals surface area contributed by atoms with Gasteiger partial charge < -0.3 is 9.80 Å². The van der Waals surface area contributed by atoms with Gasteiger partial charge in [0.25, 0.3) is 0 Å². The van der Waals surface area contributed by atoms with Gasteiger partial charge in [0, 0.05) is 39.8 Å². The van der Waals surface area contributed by atoms with Crippen LogP contribution in [0.25, 0.3) is 0 Å². The average molecular weight is 220 g/mol. The van der Waals surface area contributed by atoms with Gasteiger partial charge >= 0.3 is 0 Å². The highest BCUT2D eigenvalue weighted by molar-refractivity contribution is 5.73. The van der Waals surface area contributed by atoms with Crippen LogP contribution in [0.5, 0.6) is 0 Å². The number of nitrogens with zero attached hydrogens (tertiary/aromatic N) is 2. The van der Waals surface area contributed by atoms with Crippen LogP contribution in [0.1, 0.15) is 19.4 Å². The number of benzene rings is 1. The van der Waals surface area contributed by atoms with Crippen molar-refractivity contribution in [1.29, 1.82) is 0 Å². The minimum absolute atomic E-state index is 0.124. The number of hydrogen-bond donors (Lipinski definition) is 0. The number of carbonyl (C=O) groups is 1. The molecule has 0 aromatic heterocycles. The van der Waals surface area contributed by atoms with Crippen molar-refractivity contribution in [3.05, 3.63) is 29.8 Å². The van der Waals surface area contributed by atoms with E-state index in [1.165, 1.54) is 11.3 Å². The summed E-state index contributed by atoms with van der Waals surface area (Å²) in [4.78, 5) is 15.2. The summed E-state index contributed by atoms with van der Waals surface area (Å²) < 4.78 is 0. The Morgan fingerprint density at radius 3 is 2.12 bits per heavy atom. The lowest BCUT2D eigenvalue weighted by atomic mass is 10.2. The summed E-state index contributed by atoms with van der Waals surface area (Å²) in [6.07, 6.45) is 0. The molecule has 0 bridgehead atoms. The molecule has 1 rings (SSSR count). The van der Waals surface area contributed by atoms with Crippen LogP contribution in [-0.2, 0) is 11.3 Å². The van der Waals surface area contributed by atoms with E-state index in [0.717, 1.165) is 6.54 Å². The van der Waals surface area contributed by atoms with E-state index in [0.29, 0.717) is 6.54 Å². The Kier molecular flexibility index (Phi) is 4.35. The average Bonchev–Trinajstić information content (AvgIpc) is 2.26. The number of anilines is 1. The lowest BCUT2D eigenvalue weighted by Crippen LogP contribution is -2.27. The summed E-state index contributed by atoms with van der Waals surface area (Å²) >= 11 is 0. The van der Waals surface area contributed by atoms with E-state index in [4.69, 9.17) is 0 Å². The molecule has 0 saturated carbocycles. The van der Waals surface area contributed by atoms with Gasteiger partial charge in [0.2, 0.25) is 5.91 Å². The van der Waals surface area contributed by atoms with Crippen molar-refractivity contribution in [1.82, 2.24) is 4.90 Å². The Bertz CT molecular complexity index is 343. The highest BCUT2D eigenvalue weighted by Crippen LogP contribution is 2.13. The van der Waals surface area contributed by atoms with Gasteiger partial charge in [0.1, 0.15) is 0 Å². The van der Waals surface area contributed by atoms with Crippen LogP contribution in [0.2, 0.25) is 0 Å². The maximum Gasteiger partial charge on any atom is 0.219 e. The van der Waals surface area contributed by atoms with Crippen molar-refractivity contribution >= 4 is 11.6 Å². The SMILES string of the molecule is CCN(Cc1ccc(N(C)C)cc1)C(C)=O. The minimum Gasteiger partial charge on any atom is -0.378 e. The first-order chi connectivity index (χ1) is 7.54. The summed E-state index contributed by atoms with van der Waals surface area (Å²) in [5.41, 5.74) is 2.34. The molecule has 0 saturated heterocycles. The van der Waals surface area contributed by atoms with Gasteiger partial charge in [0.05, 0.1) is 0 Å².